The summed E-state index contributed by atoms with van der Waals surface area (Å²) in [6.07, 6.45) is 3.27. The number of nitrogens with one attached hydrogen (secondary N) is 1. The summed E-state index contributed by atoms with van der Waals surface area (Å²) in [5, 5.41) is 2.79. The number of sulfonamides is 1. The highest BCUT2D eigenvalue weighted by Gasteiger charge is 2.21. The zero-order valence-electron chi connectivity index (χ0n) is 18.3. The van der Waals surface area contributed by atoms with Gasteiger partial charge in [-0.15, -0.1) is 0 Å². The van der Waals surface area contributed by atoms with E-state index in [2.05, 4.69) is 12.2 Å². The maximum Gasteiger partial charge on any atom is 0.264 e. The van der Waals surface area contributed by atoms with Crippen molar-refractivity contribution in [2.24, 2.45) is 0 Å². The monoisotopic (exact) mass is 452 g/mol. The van der Waals surface area contributed by atoms with E-state index in [9.17, 15) is 13.2 Å². The number of carbonyl (C=O) groups is 1. The van der Waals surface area contributed by atoms with Crippen LogP contribution in [0.15, 0.2) is 83.8 Å². The van der Waals surface area contributed by atoms with Crippen molar-refractivity contribution in [2.75, 3.05) is 23.3 Å². The number of ether oxygens (including phenoxy) is 1. The molecule has 7 heteroatoms. The van der Waals surface area contributed by atoms with Crippen LogP contribution in [0.1, 0.15) is 36.5 Å². The highest BCUT2D eigenvalue weighted by Crippen LogP contribution is 2.23. The second kappa shape index (κ2) is 10.8. The minimum Gasteiger partial charge on any atom is -0.494 e. The fraction of sp³-hybridized carbons (Fsp3) is 0.240. The van der Waals surface area contributed by atoms with Gasteiger partial charge in [-0.05, 0) is 67.1 Å². The predicted octanol–water partition coefficient (Wildman–Crippen LogP) is 5.33. The molecular weight excluding hydrogens is 424 g/mol. The Labute approximate surface area is 189 Å². The van der Waals surface area contributed by atoms with Gasteiger partial charge in [-0.25, -0.2) is 8.42 Å². The second-order valence-electron chi connectivity index (χ2n) is 7.37. The summed E-state index contributed by atoms with van der Waals surface area (Å²) >= 11 is 0. The molecule has 0 aliphatic heterocycles. The van der Waals surface area contributed by atoms with Crippen molar-refractivity contribution in [1.82, 2.24) is 0 Å². The summed E-state index contributed by atoms with van der Waals surface area (Å²) in [5.41, 5.74) is 1.57. The Morgan fingerprint density at radius 3 is 2.19 bits per heavy atom. The molecule has 168 valence electrons. The van der Waals surface area contributed by atoms with Crippen molar-refractivity contribution in [2.45, 2.75) is 31.1 Å². The summed E-state index contributed by atoms with van der Waals surface area (Å²) in [6, 6.07) is 21.9. The van der Waals surface area contributed by atoms with Crippen LogP contribution in [0.3, 0.4) is 0 Å². The summed E-state index contributed by atoms with van der Waals surface area (Å²) in [7, 11) is -2.19. The maximum atomic E-state index is 12.9. The summed E-state index contributed by atoms with van der Waals surface area (Å²) in [5.74, 6) is 0.453. The summed E-state index contributed by atoms with van der Waals surface area (Å²) in [4.78, 5) is 12.7. The van der Waals surface area contributed by atoms with Crippen LogP contribution in [-0.4, -0.2) is 28.0 Å². The van der Waals surface area contributed by atoms with Gasteiger partial charge in [0.1, 0.15) is 5.75 Å². The molecule has 0 saturated carbocycles. The van der Waals surface area contributed by atoms with Gasteiger partial charge >= 0.3 is 0 Å². The molecule has 0 aliphatic carbocycles. The Morgan fingerprint density at radius 1 is 0.906 bits per heavy atom. The molecule has 32 heavy (non-hydrogen) atoms. The molecule has 0 aliphatic rings. The molecule has 0 fully saturated rings. The number of carbonyl (C=O) groups excluding carboxylic acids is 1. The average Bonchev–Trinajstić information content (AvgIpc) is 2.82. The normalized spacial score (nSPS) is 11.1. The second-order valence-corrected chi connectivity index (χ2v) is 9.34. The van der Waals surface area contributed by atoms with Gasteiger partial charge < -0.3 is 10.1 Å². The van der Waals surface area contributed by atoms with Gasteiger partial charge in [0.15, 0.2) is 0 Å². The number of hydrogen-bond donors (Lipinski definition) is 1. The van der Waals surface area contributed by atoms with E-state index < -0.39 is 10.0 Å². The molecule has 0 unspecified atom stereocenters. The summed E-state index contributed by atoms with van der Waals surface area (Å²) < 4.78 is 32.6. The van der Waals surface area contributed by atoms with E-state index in [0.29, 0.717) is 23.5 Å². The minimum atomic E-state index is -3.70. The van der Waals surface area contributed by atoms with Crippen molar-refractivity contribution >= 4 is 27.3 Å². The lowest BCUT2D eigenvalue weighted by atomic mass is 10.2. The fourth-order valence-electron chi connectivity index (χ4n) is 3.09. The van der Waals surface area contributed by atoms with E-state index >= 15 is 0 Å². The first kappa shape index (κ1) is 23.3. The molecule has 6 nitrogen and oxygen atoms in total. The molecule has 1 N–H and O–H groups in total. The van der Waals surface area contributed by atoms with Gasteiger partial charge in [-0.2, -0.15) is 0 Å². The third kappa shape index (κ3) is 5.88. The zero-order valence-corrected chi connectivity index (χ0v) is 19.1. The first-order chi connectivity index (χ1) is 15.4. The minimum absolute atomic E-state index is 0.145. The quantitative estimate of drug-likeness (QED) is 0.422. The molecule has 0 saturated heterocycles. The molecule has 0 heterocycles. The van der Waals surface area contributed by atoms with Gasteiger partial charge in [0, 0.05) is 18.3 Å². The van der Waals surface area contributed by atoms with Crippen LogP contribution in [0.4, 0.5) is 11.4 Å². The van der Waals surface area contributed by atoms with Crippen molar-refractivity contribution in [3.05, 3.63) is 84.4 Å². The lowest BCUT2D eigenvalue weighted by molar-refractivity contribution is 0.102. The smallest absolute Gasteiger partial charge is 0.264 e. The van der Waals surface area contributed by atoms with Gasteiger partial charge in [-0.1, -0.05) is 38.0 Å². The Hall–Kier alpha value is -3.32. The molecule has 0 spiro atoms. The van der Waals surface area contributed by atoms with Gasteiger partial charge in [0.2, 0.25) is 0 Å². The standard InChI is InChI=1S/C25H28N2O4S/c1-3-4-8-19-31-23-15-11-20(12-16-23)25(28)26-21-13-17-24(18-14-21)32(29,30)27(2)22-9-6-5-7-10-22/h5-7,9-18H,3-4,8,19H2,1-2H3,(H,26,28). The Morgan fingerprint density at radius 2 is 1.56 bits per heavy atom. The zero-order chi connectivity index (χ0) is 23.0. The van der Waals surface area contributed by atoms with E-state index in [4.69, 9.17) is 4.74 Å². The van der Waals surface area contributed by atoms with E-state index in [1.54, 1.807) is 60.7 Å². The lowest BCUT2D eigenvalue weighted by Gasteiger charge is -2.19. The third-order valence-electron chi connectivity index (χ3n) is 5.02. The van der Waals surface area contributed by atoms with Gasteiger partial charge in [0.25, 0.3) is 15.9 Å². The summed E-state index contributed by atoms with van der Waals surface area (Å²) in [6.45, 7) is 2.80. The number of para-hydroxylation sites is 1. The molecule has 0 bridgehead atoms. The Bertz CT molecular complexity index is 1110. The third-order valence-corrected chi connectivity index (χ3v) is 6.82. The maximum absolute atomic E-state index is 12.9. The number of nitrogens with zero attached hydrogens (tertiary/aromatic N) is 1. The van der Waals surface area contributed by atoms with E-state index in [0.717, 1.165) is 25.0 Å². The Kier molecular flexibility index (Phi) is 7.89. The van der Waals surface area contributed by atoms with Crippen LogP contribution in [0, 0.1) is 0 Å². The van der Waals surface area contributed by atoms with Crippen molar-refractivity contribution in [3.8, 4) is 5.75 Å². The topological polar surface area (TPSA) is 75.7 Å². The molecule has 0 aromatic heterocycles. The average molecular weight is 453 g/mol. The van der Waals surface area contributed by atoms with E-state index in [1.807, 2.05) is 6.07 Å². The molecule has 3 rings (SSSR count). The molecule has 3 aromatic carbocycles. The lowest BCUT2D eigenvalue weighted by Crippen LogP contribution is -2.26. The Balaban J connectivity index is 1.62. The number of amides is 1. The highest BCUT2D eigenvalue weighted by atomic mass is 32.2. The number of rotatable bonds is 10. The fourth-order valence-corrected chi connectivity index (χ4v) is 4.29. The SMILES string of the molecule is CCCCCOc1ccc(C(=O)Nc2ccc(S(=O)(=O)N(C)c3ccccc3)cc2)cc1. The van der Waals surface area contributed by atoms with Crippen LogP contribution >= 0.6 is 0 Å². The van der Waals surface area contributed by atoms with E-state index in [-0.39, 0.29) is 10.8 Å². The molecule has 0 atom stereocenters. The number of benzene rings is 3. The first-order valence-electron chi connectivity index (χ1n) is 10.6. The molecule has 1 amide bonds. The van der Waals surface area contributed by atoms with Crippen LogP contribution < -0.4 is 14.4 Å². The van der Waals surface area contributed by atoms with E-state index in [1.165, 1.54) is 23.5 Å². The van der Waals surface area contributed by atoms with Crippen molar-refractivity contribution < 1.29 is 17.9 Å². The van der Waals surface area contributed by atoms with Gasteiger partial charge in [-0.3, -0.25) is 9.10 Å². The van der Waals surface area contributed by atoms with Crippen molar-refractivity contribution in [3.63, 3.8) is 0 Å². The van der Waals surface area contributed by atoms with Gasteiger partial charge in [0.05, 0.1) is 17.2 Å². The molecular formula is C25H28N2O4S. The van der Waals surface area contributed by atoms with Crippen LogP contribution in [-0.2, 0) is 10.0 Å². The van der Waals surface area contributed by atoms with Crippen LogP contribution in [0.2, 0.25) is 0 Å². The number of unbranched alkanes of at least 4 members (excludes halogenated alkanes) is 2. The van der Waals surface area contributed by atoms with Crippen LogP contribution in [0.5, 0.6) is 5.75 Å². The van der Waals surface area contributed by atoms with Crippen molar-refractivity contribution in [1.29, 1.82) is 0 Å². The number of anilines is 2. The molecule has 3 aromatic rings. The molecule has 0 radical (unpaired) electrons. The predicted molar refractivity (Wildman–Crippen MR) is 128 cm³/mol. The largest absolute Gasteiger partial charge is 0.494 e. The number of hydrogen-bond acceptors (Lipinski definition) is 4. The highest BCUT2D eigenvalue weighted by molar-refractivity contribution is 7.92. The van der Waals surface area contributed by atoms with Crippen LogP contribution in [0.25, 0.3) is 0 Å². The first-order valence-corrected chi connectivity index (χ1v) is 12.0.